The van der Waals surface area contributed by atoms with Gasteiger partial charge >= 0.3 is 0 Å². The maximum absolute atomic E-state index is 12.2. The van der Waals surface area contributed by atoms with Gasteiger partial charge in [-0.1, -0.05) is 42.5 Å². The molecule has 7 heteroatoms. The van der Waals surface area contributed by atoms with Crippen molar-refractivity contribution < 1.29 is 18.0 Å². The highest BCUT2D eigenvalue weighted by Crippen LogP contribution is 2.19. The average molecular weight is 372 g/mol. The molecule has 6 nitrogen and oxygen atoms in total. The number of rotatable bonds is 5. The van der Waals surface area contributed by atoms with E-state index in [1.165, 1.54) is 0 Å². The lowest BCUT2D eigenvalue weighted by atomic mass is 10.0. The molecule has 0 saturated carbocycles. The summed E-state index contributed by atoms with van der Waals surface area (Å²) in [5.74, 6) is -0.675. The minimum Gasteiger partial charge on any atom is -0.351 e. The van der Waals surface area contributed by atoms with Crippen molar-refractivity contribution in [3.05, 3.63) is 60.2 Å². The molecule has 2 N–H and O–H groups in total. The monoisotopic (exact) mass is 372 g/mol. The number of sulfone groups is 1. The van der Waals surface area contributed by atoms with Gasteiger partial charge in [0, 0.05) is 11.6 Å². The van der Waals surface area contributed by atoms with Crippen molar-refractivity contribution in [3.8, 4) is 11.1 Å². The summed E-state index contributed by atoms with van der Waals surface area (Å²) in [6, 6.07) is 16.6. The van der Waals surface area contributed by atoms with Crippen LogP contribution in [0.15, 0.2) is 54.6 Å². The fourth-order valence-corrected chi connectivity index (χ4v) is 4.57. The largest absolute Gasteiger partial charge is 0.351 e. The SMILES string of the molecule is O=C(CNC(=O)c1ccc(-c2ccccc2)cc1)NC1CCS(=O)(=O)C1. The fraction of sp³-hybridized carbons (Fsp3) is 0.263. The van der Waals surface area contributed by atoms with Gasteiger partial charge in [-0.2, -0.15) is 0 Å². The summed E-state index contributed by atoms with van der Waals surface area (Å²) in [4.78, 5) is 24.0. The molecule has 2 aromatic rings. The molecule has 1 saturated heterocycles. The number of hydrogen-bond acceptors (Lipinski definition) is 4. The third-order valence-corrected chi connectivity index (χ3v) is 6.03. The molecule has 1 aliphatic heterocycles. The Hall–Kier alpha value is -2.67. The topological polar surface area (TPSA) is 92.3 Å². The molecule has 136 valence electrons. The molecule has 1 fully saturated rings. The third-order valence-electron chi connectivity index (χ3n) is 4.26. The Bertz CT molecular complexity index is 893. The van der Waals surface area contributed by atoms with Crippen molar-refractivity contribution in [2.75, 3.05) is 18.1 Å². The second kappa shape index (κ2) is 7.70. The lowest BCUT2D eigenvalue weighted by Gasteiger charge is -2.11. The summed E-state index contributed by atoms with van der Waals surface area (Å²) in [7, 11) is -3.04. The Morgan fingerprint density at radius 1 is 0.962 bits per heavy atom. The van der Waals surface area contributed by atoms with Gasteiger partial charge in [-0.05, 0) is 29.7 Å². The molecule has 0 aromatic heterocycles. The second-order valence-electron chi connectivity index (χ2n) is 6.29. The summed E-state index contributed by atoms with van der Waals surface area (Å²) >= 11 is 0. The van der Waals surface area contributed by atoms with Crippen molar-refractivity contribution in [2.45, 2.75) is 12.5 Å². The Kier molecular flexibility index (Phi) is 5.37. The molecule has 0 aliphatic carbocycles. The molecular formula is C19H20N2O4S. The number of hydrogen-bond donors (Lipinski definition) is 2. The fourth-order valence-electron chi connectivity index (χ4n) is 2.89. The van der Waals surface area contributed by atoms with Crippen LogP contribution >= 0.6 is 0 Å². The first kappa shape index (κ1) is 18.1. The van der Waals surface area contributed by atoms with E-state index < -0.39 is 9.84 Å². The lowest BCUT2D eigenvalue weighted by Crippen LogP contribution is -2.42. The molecule has 26 heavy (non-hydrogen) atoms. The molecule has 1 aliphatic rings. The minimum atomic E-state index is -3.04. The van der Waals surface area contributed by atoms with Gasteiger partial charge in [0.2, 0.25) is 5.91 Å². The number of benzene rings is 2. The lowest BCUT2D eigenvalue weighted by molar-refractivity contribution is -0.120. The van der Waals surface area contributed by atoms with Gasteiger partial charge in [0.15, 0.2) is 9.84 Å². The van der Waals surface area contributed by atoms with Crippen LogP contribution in [0, 0.1) is 0 Å². The van der Waals surface area contributed by atoms with Crippen LogP contribution in [0.5, 0.6) is 0 Å². The quantitative estimate of drug-likeness (QED) is 0.830. The first-order valence-corrected chi connectivity index (χ1v) is 10.2. The molecule has 3 rings (SSSR count). The van der Waals surface area contributed by atoms with E-state index in [4.69, 9.17) is 0 Å². The van der Waals surface area contributed by atoms with E-state index in [0.717, 1.165) is 11.1 Å². The Morgan fingerprint density at radius 2 is 1.62 bits per heavy atom. The molecule has 0 spiro atoms. The molecule has 2 amide bonds. The predicted octanol–water partition coefficient (Wildman–Crippen LogP) is 1.39. The minimum absolute atomic E-state index is 0.0341. The van der Waals surface area contributed by atoms with Crippen LogP contribution in [-0.4, -0.2) is 44.3 Å². The summed E-state index contributed by atoms with van der Waals surface area (Å²) in [5.41, 5.74) is 2.52. The van der Waals surface area contributed by atoms with Crippen LogP contribution in [0.25, 0.3) is 11.1 Å². The maximum atomic E-state index is 12.2. The molecule has 0 radical (unpaired) electrons. The zero-order valence-electron chi connectivity index (χ0n) is 14.1. The van der Waals surface area contributed by atoms with E-state index in [1.54, 1.807) is 12.1 Å². The standard InChI is InChI=1S/C19H20N2O4S/c22-18(21-17-10-11-26(24,25)13-17)12-20-19(23)16-8-6-15(7-9-16)14-4-2-1-3-5-14/h1-9,17H,10-13H2,(H,20,23)(H,21,22). The van der Waals surface area contributed by atoms with Gasteiger partial charge in [0.05, 0.1) is 18.1 Å². The predicted molar refractivity (Wildman–Crippen MR) is 99.4 cm³/mol. The zero-order chi connectivity index (χ0) is 18.6. The van der Waals surface area contributed by atoms with Crippen molar-refractivity contribution in [1.82, 2.24) is 10.6 Å². The highest BCUT2D eigenvalue weighted by Gasteiger charge is 2.28. The van der Waals surface area contributed by atoms with Gasteiger partial charge in [-0.15, -0.1) is 0 Å². The Morgan fingerprint density at radius 3 is 2.23 bits per heavy atom. The summed E-state index contributed by atoms with van der Waals surface area (Å²) < 4.78 is 22.8. The van der Waals surface area contributed by atoms with E-state index in [1.807, 2.05) is 42.5 Å². The van der Waals surface area contributed by atoms with Crippen LogP contribution < -0.4 is 10.6 Å². The molecule has 1 atom stereocenters. The maximum Gasteiger partial charge on any atom is 0.251 e. The molecule has 1 heterocycles. The zero-order valence-corrected chi connectivity index (χ0v) is 15.0. The summed E-state index contributed by atoms with van der Waals surface area (Å²) in [6.45, 7) is -0.185. The molecule has 1 unspecified atom stereocenters. The van der Waals surface area contributed by atoms with E-state index in [9.17, 15) is 18.0 Å². The smallest absolute Gasteiger partial charge is 0.251 e. The Labute approximate surface area is 152 Å². The molecular weight excluding hydrogens is 352 g/mol. The highest BCUT2D eigenvalue weighted by atomic mass is 32.2. The van der Waals surface area contributed by atoms with Gasteiger partial charge in [-0.3, -0.25) is 9.59 Å². The number of carbonyl (C=O) groups excluding carboxylic acids is 2. The van der Waals surface area contributed by atoms with Gasteiger partial charge in [0.1, 0.15) is 0 Å². The van der Waals surface area contributed by atoms with Gasteiger partial charge < -0.3 is 10.6 Å². The Balaban J connectivity index is 1.51. The highest BCUT2D eigenvalue weighted by molar-refractivity contribution is 7.91. The number of nitrogens with one attached hydrogen (secondary N) is 2. The van der Waals surface area contributed by atoms with E-state index >= 15 is 0 Å². The first-order chi connectivity index (χ1) is 12.4. The van der Waals surface area contributed by atoms with Gasteiger partial charge in [0.25, 0.3) is 5.91 Å². The van der Waals surface area contributed by atoms with Crippen molar-refractivity contribution in [2.24, 2.45) is 0 Å². The van der Waals surface area contributed by atoms with Crippen LogP contribution in [-0.2, 0) is 14.6 Å². The number of carbonyl (C=O) groups is 2. The number of amides is 2. The van der Waals surface area contributed by atoms with Crippen LogP contribution in [0.2, 0.25) is 0 Å². The van der Waals surface area contributed by atoms with Crippen molar-refractivity contribution in [3.63, 3.8) is 0 Å². The van der Waals surface area contributed by atoms with E-state index in [-0.39, 0.29) is 35.9 Å². The van der Waals surface area contributed by atoms with Gasteiger partial charge in [-0.25, -0.2) is 8.42 Å². The first-order valence-electron chi connectivity index (χ1n) is 8.36. The van der Waals surface area contributed by atoms with Crippen LogP contribution in [0.3, 0.4) is 0 Å². The van der Waals surface area contributed by atoms with E-state index in [2.05, 4.69) is 10.6 Å². The summed E-state index contributed by atoms with van der Waals surface area (Å²) in [5, 5.41) is 5.19. The van der Waals surface area contributed by atoms with Crippen LogP contribution in [0.4, 0.5) is 0 Å². The van der Waals surface area contributed by atoms with E-state index in [0.29, 0.717) is 12.0 Å². The molecule has 2 aromatic carbocycles. The van der Waals surface area contributed by atoms with Crippen molar-refractivity contribution >= 4 is 21.7 Å². The third kappa shape index (κ3) is 4.70. The van der Waals surface area contributed by atoms with Crippen LogP contribution in [0.1, 0.15) is 16.8 Å². The summed E-state index contributed by atoms with van der Waals surface area (Å²) in [6.07, 6.45) is 0.420. The van der Waals surface area contributed by atoms with Crippen molar-refractivity contribution in [1.29, 1.82) is 0 Å². The second-order valence-corrected chi connectivity index (χ2v) is 8.52. The molecule has 0 bridgehead atoms. The normalized spacial score (nSPS) is 18.2. The average Bonchev–Trinajstić information content (AvgIpc) is 2.99.